The molecule has 2 aromatic carbocycles. The van der Waals surface area contributed by atoms with E-state index < -0.39 is 0 Å². The van der Waals surface area contributed by atoms with Crippen molar-refractivity contribution in [1.29, 1.82) is 0 Å². The van der Waals surface area contributed by atoms with Crippen molar-refractivity contribution in [3.05, 3.63) is 58.7 Å². The Bertz CT molecular complexity index is 625. The quantitative estimate of drug-likeness (QED) is 0.856. The third kappa shape index (κ3) is 3.67. The molecule has 0 aliphatic carbocycles. The van der Waals surface area contributed by atoms with Crippen LogP contribution in [-0.4, -0.2) is 6.04 Å². The molecular formula is C18H21F2N. The van der Waals surface area contributed by atoms with Gasteiger partial charge in [0.15, 0.2) is 0 Å². The monoisotopic (exact) mass is 289 g/mol. The maximum Gasteiger partial charge on any atom is 0.127 e. The second kappa shape index (κ2) is 6.35. The van der Waals surface area contributed by atoms with Gasteiger partial charge in [0, 0.05) is 18.2 Å². The molecule has 21 heavy (non-hydrogen) atoms. The van der Waals surface area contributed by atoms with E-state index in [0.29, 0.717) is 18.2 Å². The van der Waals surface area contributed by atoms with Gasteiger partial charge in [-0.25, -0.2) is 8.78 Å². The fourth-order valence-electron chi connectivity index (χ4n) is 2.55. The first-order valence-electron chi connectivity index (χ1n) is 7.17. The number of hydrogen-bond acceptors (Lipinski definition) is 1. The molecule has 0 saturated carbocycles. The van der Waals surface area contributed by atoms with Crippen molar-refractivity contribution in [3.8, 4) is 11.1 Å². The van der Waals surface area contributed by atoms with Crippen LogP contribution in [0.15, 0.2) is 30.3 Å². The zero-order valence-electron chi connectivity index (χ0n) is 12.9. The molecule has 0 fully saturated rings. The van der Waals surface area contributed by atoms with Crippen molar-refractivity contribution < 1.29 is 8.78 Å². The molecule has 112 valence electrons. The van der Waals surface area contributed by atoms with E-state index in [-0.39, 0.29) is 11.6 Å². The summed E-state index contributed by atoms with van der Waals surface area (Å²) in [6.07, 6.45) is 0. The predicted molar refractivity (Wildman–Crippen MR) is 83.2 cm³/mol. The summed E-state index contributed by atoms with van der Waals surface area (Å²) in [6.45, 7) is 8.28. The van der Waals surface area contributed by atoms with Gasteiger partial charge in [-0.2, -0.15) is 0 Å². The van der Waals surface area contributed by atoms with Gasteiger partial charge in [-0.1, -0.05) is 19.9 Å². The van der Waals surface area contributed by atoms with E-state index >= 15 is 0 Å². The summed E-state index contributed by atoms with van der Waals surface area (Å²) in [4.78, 5) is 0. The lowest BCUT2D eigenvalue weighted by atomic mass is 9.94. The SMILES string of the molecule is Cc1cc(F)cc(C)c1-c1ccc(F)c(CNC(C)C)c1. The molecule has 0 aromatic heterocycles. The molecule has 0 heterocycles. The van der Waals surface area contributed by atoms with E-state index in [1.54, 1.807) is 6.07 Å². The summed E-state index contributed by atoms with van der Waals surface area (Å²) >= 11 is 0. The van der Waals surface area contributed by atoms with Gasteiger partial charge in [-0.15, -0.1) is 0 Å². The maximum absolute atomic E-state index is 13.9. The van der Waals surface area contributed by atoms with Crippen molar-refractivity contribution in [2.75, 3.05) is 0 Å². The molecular weight excluding hydrogens is 268 g/mol. The number of nitrogens with one attached hydrogen (secondary N) is 1. The van der Waals surface area contributed by atoms with E-state index in [9.17, 15) is 8.78 Å². The van der Waals surface area contributed by atoms with Crippen LogP contribution in [0.4, 0.5) is 8.78 Å². The molecule has 0 aliphatic heterocycles. The van der Waals surface area contributed by atoms with Crippen molar-refractivity contribution in [3.63, 3.8) is 0 Å². The van der Waals surface area contributed by atoms with E-state index in [1.807, 2.05) is 33.8 Å². The molecule has 0 atom stereocenters. The molecule has 0 bridgehead atoms. The van der Waals surface area contributed by atoms with Crippen molar-refractivity contribution >= 4 is 0 Å². The summed E-state index contributed by atoms with van der Waals surface area (Å²) in [5.74, 6) is -0.457. The summed E-state index contributed by atoms with van der Waals surface area (Å²) in [6, 6.07) is 8.39. The second-order valence-corrected chi connectivity index (χ2v) is 5.76. The summed E-state index contributed by atoms with van der Waals surface area (Å²) < 4.78 is 27.3. The van der Waals surface area contributed by atoms with Crippen molar-refractivity contribution in [2.45, 2.75) is 40.3 Å². The highest BCUT2D eigenvalue weighted by Crippen LogP contribution is 2.29. The molecule has 0 aliphatic rings. The molecule has 0 unspecified atom stereocenters. The van der Waals surface area contributed by atoms with Crippen molar-refractivity contribution in [2.24, 2.45) is 0 Å². The molecule has 1 N–H and O–H groups in total. The Morgan fingerprint density at radius 2 is 1.62 bits per heavy atom. The van der Waals surface area contributed by atoms with Gasteiger partial charge in [-0.05, 0) is 60.4 Å². The number of benzene rings is 2. The van der Waals surface area contributed by atoms with Crippen LogP contribution in [0.2, 0.25) is 0 Å². The highest BCUT2D eigenvalue weighted by Gasteiger charge is 2.11. The van der Waals surface area contributed by atoms with Crippen LogP contribution in [0.5, 0.6) is 0 Å². The Kier molecular flexibility index (Phi) is 4.73. The lowest BCUT2D eigenvalue weighted by Crippen LogP contribution is -2.22. The minimum atomic E-state index is -0.238. The maximum atomic E-state index is 13.9. The second-order valence-electron chi connectivity index (χ2n) is 5.76. The average molecular weight is 289 g/mol. The van der Waals surface area contributed by atoms with Gasteiger partial charge >= 0.3 is 0 Å². The summed E-state index contributed by atoms with van der Waals surface area (Å²) in [7, 11) is 0. The summed E-state index contributed by atoms with van der Waals surface area (Å²) in [5, 5.41) is 3.22. The molecule has 0 amide bonds. The van der Waals surface area contributed by atoms with Crippen LogP contribution in [-0.2, 0) is 6.54 Å². The van der Waals surface area contributed by atoms with Crippen LogP contribution in [0.1, 0.15) is 30.5 Å². The predicted octanol–water partition coefficient (Wildman–Crippen LogP) is 4.75. The first-order chi connectivity index (χ1) is 9.88. The van der Waals surface area contributed by atoms with Gasteiger partial charge in [0.25, 0.3) is 0 Å². The first kappa shape index (κ1) is 15.6. The van der Waals surface area contributed by atoms with E-state index in [4.69, 9.17) is 0 Å². The normalized spacial score (nSPS) is 11.2. The van der Waals surface area contributed by atoms with Gasteiger partial charge in [0.2, 0.25) is 0 Å². The molecule has 2 rings (SSSR count). The molecule has 0 radical (unpaired) electrons. The lowest BCUT2D eigenvalue weighted by molar-refractivity contribution is 0.553. The van der Waals surface area contributed by atoms with Crippen LogP contribution in [0.3, 0.4) is 0 Å². The third-order valence-electron chi connectivity index (χ3n) is 3.53. The minimum absolute atomic E-state index is 0.218. The van der Waals surface area contributed by atoms with Gasteiger partial charge in [-0.3, -0.25) is 0 Å². The van der Waals surface area contributed by atoms with Crippen LogP contribution in [0, 0.1) is 25.5 Å². The van der Waals surface area contributed by atoms with E-state index in [0.717, 1.165) is 22.3 Å². The minimum Gasteiger partial charge on any atom is -0.310 e. The first-order valence-corrected chi connectivity index (χ1v) is 7.17. The fourth-order valence-corrected chi connectivity index (χ4v) is 2.55. The van der Waals surface area contributed by atoms with E-state index in [2.05, 4.69) is 5.32 Å². The topological polar surface area (TPSA) is 12.0 Å². The molecule has 0 saturated heterocycles. The molecule has 3 heteroatoms. The average Bonchev–Trinajstić information content (AvgIpc) is 2.37. The van der Waals surface area contributed by atoms with Gasteiger partial charge in [0.1, 0.15) is 11.6 Å². The number of aryl methyl sites for hydroxylation is 2. The van der Waals surface area contributed by atoms with Crippen LogP contribution < -0.4 is 5.32 Å². The highest BCUT2D eigenvalue weighted by atomic mass is 19.1. The Morgan fingerprint density at radius 3 is 2.19 bits per heavy atom. The number of halogens is 2. The zero-order valence-corrected chi connectivity index (χ0v) is 12.9. The third-order valence-corrected chi connectivity index (χ3v) is 3.53. The van der Waals surface area contributed by atoms with Crippen LogP contribution in [0.25, 0.3) is 11.1 Å². The standard InChI is InChI=1S/C18H21F2N/c1-11(2)21-10-15-9-14(5-6-17(15)20)18-12(3)7-16(19)8-13(18)4/h5-9,11,21H,10H2,1-4H3. The highest BCUT2D eigenvalue weighted by molar-refractivity contribution is 5.71. The number of rotatable bonds is 4. The Morgan fingerprint density at radius 1 is 1.00 bits per heavy atom. The van der Waals surface area contributed by atoms with Gasteiger partial charge < -0.3 is 5.32 Å². The largest absolute Gasteiger partial charge is 0.310 e. The summed E-state index contributed by atoms with van der Waals surface area (Å²) in [5.41, 5.74) is 4.25. The zero-order chi connectivity index (χ0) is 15.6. The van der Waals surface area contributed by atoms with Crippen LogP contribution >= 0.6 is 0 Å². The molecule has 2 aromatic rings. The molecule has 1 nitrogen and oxygen atoms in total. The lowest BCUT2D eigenvalue weighted by Gasteiger charge is -2.14. The number of hydrogen-bond donors (Lipinski definition) is 1. The van der Waals surface area contributed by atoms with Crippen molar-refractivity contribution in [1.82, 2.24) is 5.32 Å². The van der Waals surface area contributed by atoms with E-state index in [1.165, 1.54) is 18.2 Å². The Hall–Kier alpha value is -1.74. The Labute approximate surface area is 125 Å². The Balaban J connectivity index is 2.44. The smallest absolute Gasteiger partial charge is 0.127 e. The molecule has 0 spiro atoms. The fraction of sp³-hybridized carbons (Fsp3) is 0.333. The van der Waals surface area contributed by atoms with Gasteiger partial charge in [0.05, 0.1) is 0 Å².